The van der Waals surface area contributed by atoms with Gasteiger partial charge in [-0.2, -0.15) is 13.2 Å². The minimum absolute atomic E-state index is 0.175. The van der Waals surface area contributed by atoms with Crippen molar-refractivity contribution in [1.82, 2.24) is 5.32 Å². The Balaban J connectivity index is 2.02. The second kappa shape index (κ2) is 6.26. The van der Waals surface area contributed by atoms with Gasteiger partial charge in [0.1, 0.15) is 5.82 Å². The van der Waals surface area contributed by atoms with Crippen molar-refractivity contribution in [3.05, 3.63) is 70.5 Å². The zero-order chi connectivity index (χ0) is 15.5. The maximum Gasteiger partial charge on any atom is 0.416 e. The second-order valence-electron chi connectivity index (χ2n) is 4.94. The molecule has 112 valence electrons. The predicted octanol–water partition coefficient (Wildman–Crippen LogP) is 4.44. The highest BCUT2D eigenvalue weighted by molar-refractivity contribution is 5.27. The average molecular weight is 297 g/mol. The Bertz CT molecular complexity index is 620. The zero-order valence-electron chi connectivity index (χ0n) is 11.5. The van der Waals surface area contributed by atoms with Crippen molar-refractivity contribution in [2.24, 2.45) is 0 Å². The first-order valence-electron chi connectivity index (χ1n) is 6.47. The highest BCUT2D eigenvalue weighted by atomic mass is 19.4. The topological polar surface area (TPSA) is 12.0 Å². The number of aryl methyl sites for hydroxylation is 1. The van der Waals surface area contributed by atoms with Crippen LogP contribution in [0.25, 0.3) is 0 Å². The van der Waals surface area contributed by atoms with Gasteiger partial charge in [-0.3, -0.25) is 0 Å². The summed E-state index contributed by atoms with van der Waals surface area (Å²) in [5.41, 5.74) is 1.45. The molecule has 5 heteroatoms. The summed E-state index contributed by atoms with van der Waals surface area (Å²) in [4.78, 5) is 0. The Morgan fingerprint density at radius 2 is 1.67 bits per heavy atom. The van der Waals surface area contributed by atoms with Crippen LogP contribution in [-0.4, -0.2) is 0 Å². The quantitative estimate of drug-likeness (QED) is 0.823. The van der Waals surface area contributed by atoms with E-state index in [1.165, 1.54) is 0 Å². The molecule has 0 aromatic heterocycles. The largest absolute Gasteiger partial charge is 0.416 e. The first kappa shape index (κ1) is 15.5. The van der Waals surface area contributed by atoms with Crippen molar-refractivity contribution in [2.75, 3.05) is 0 Å². The van der Waals surface area contributed by atoms with Crippen LogP contribution >= 0.6 is 0 Å². The van der Waals surface area contributed by atoms with E-state index in [9.17, 15) is 17.6 Å². The summed E-state index contributed by atoms with van der Waals surface area (Å²) in [5, 5.41) is 3.02. The molecule has 2 aromatic carbocycles. The number of rotatable bonds is 4. The second-order valence-corrected chi connectivity index (χ2v) is 4.94. The van der Waals surface area contributed by atoms with Crippen molar-refractivity contribution in [3.8, 4) is 0 Å². The Kier molecular flexibility index (Phi) is 4.63. The summed E-state index contributed by atoms with van der Waals surface area (Å²) in [6.45, 7) is 2.65. The Morgan fingerprint density at radius 3 is 2.33 bits per heavy atom. The normalized spacial score (nSPS) is 11.7. The molecule has 0 atom stereocenters. The molecule has 0 fully saturated rings. The van der Waals surface area contributed by atoms with Crippen molar-refractivity contribution in [1.29, 1.82) is 0 Å². The molecule has 0 aliphatic carbocycles. The van der Waals surface area contributed by atoms with E-state index in [0.29, 0.717) is 12.6 Å². The summed E-state index contributed by atoms with van der Waals surface area (Å²) >= 11 is 0. The third-order valence-corrected chi connectivity index (χ3v) is 3.03. The molecule has 1 N–H and O–H groups in total. The van der Waals surface area contributed by atoms with Gasteiger partial charge in [-0.05, 0) is 36.2 Å². The highest BCUT2D eigenvalue weighted by Crippen LogP contribution is 2.30. The first-order valence-corrected chi connectivity index (χ1v) is 6.47. The Morgan fingerprint density at radius 1 is 0.952 bits per heavy atom. The monoisotopic (exact) mass is 297 g/mol. The van der Waals surface area contributed by atoms with Crippen molar-refractivity contribution in [2.45, 2.75) is 26.2 Å². The van der Waals surface area contributed by atoms with Gasteiger partial charge in [0.05, 0.1) is 5.56 Å². The molecule has 0 aliphatic heterocycles. The fourth-order valence-electron chi connectivity index (χ4n) is 2.09. The molecule has 1 nitrogen and oxygen atoms in total. The van der Waals surface area contributed by atoms with Gasteiger partial charge in [0.25, 0.3) is 0 Å². The molecule has 0 saturated carbocycles. The van der Waals surface area contributed by atoms with Gasteiger partial charge < -0.3 is 5.32 Å². The number of halogens is 4. The van der Waals surface area contributed by atoms with E-state index in [-0.39, 0.29) is 12.1 Å². The van der Waals surface area contributed by atoms with Crippen LogP contribution in [0.1, 0.15) is 22.3 Å². The van der Waals surface area contributed by atoms with Crippen LogP contribution in [0.2, 0.25) is 0 Å². The Hall–Kier alpha value is -1.88. The van der Waals surface area contributed by atoms with Gasteiger partial charge in [0.2, 0.25) is 0 Å². The van der Waals surface area contributed by atoms with Crippen LogP contribution in [0, 0.1) is 12.7 Å². The minimum atomic E-state index is -4.53. The molecular formula is C16H15F4N. The van der Waals surface area contributed by atoms with Crippen molar-refractivity contribution < 1.29 is 17.6 Å². The number of hydrogen-bond acceptors (Lipinski definition) is 1. The maximum atomic E-state index is 13.2. The fraction of sp³-hybridized carbons (Fsp3) is 0.250. The fourth-order valence-corrected chi connectivity index (χ4v) is 2.09. The van der Waals surface area contributed by atoms with Crippen LogP contribution in [0.3, 0.4) is 0 Å². The predicted molar refractivity (Wildman–Crippen MR) is 73.1 cm³/mol. The lowest BCUT2D eigenvalue weighted by atomic mass is 10.1. The van der Waals surface area contributed by atoms with Crippen LogP contribution in [0.4, 0.5) is 17.6 Å². The number of benzene rings is 2. The van der Waals surface area contributed by atoms with Gasteiger partial charge >= 0.3 is 6.18 Å². The summed E-state index contributed by atoms with van der Waals surface area (Å²) in [6, 6.07) is 10.4. The first-order chi connectivity index (χ1) is 9.84. The molecule has 0 amide bonds. The highest BCUT2D eigenvalue weighted by Gasteiger charge is 2.31. The van der Waals surface area contributed by atoms with Crippen LogP contribution < -0.4 is 5.32 Å². The van der Waals surface area contributed by atoms with E-state index in [0.717, 1.165) is 23.3 Å². The Labute approximate surface area is 120 Å². The molecule has 0 heterocycles. The molecule has 21 heavy (non-hydrogen) atoms. The third-order valence-electron chi connectivity index (χ3n) is 3.03. The SMILES string of the molecule is Cc1cccc(CNCc2cc(F)cc(C(F)(F)F)c2)c1. The van der Waals surface area contributed by atoms with Gasteiger partial charge in [-0.1, -0.05) is 29.8 Å². The molecule has 0 spiro atoms. The molecule has 0 saturated heterocycles. The molecule has 2 aromatic rings. The minimum Gasteiger partial charge on any atom is -0.309 e. The maximum absolute atomic E-state index is 13.2. The number of hydrogen-bond donors (Lipinski definition) is 1. The number of nitrogens with one attached hydrogen (secondary N) is 1. The number of alkyl halides is 3. The van der Waals surface area contributed by atoms with E-state index in [1.807, 2.05) is 31.2 Å². The lowest BCUT2D eigenvalue weighted by molar-refractivity contribution is -0.137. The van der Waals surface area contributed by atoms with E-state index in [1.54, 1.807) is 0 Å². The molecule has 0 aliphatic rings. The smallest absolute Gasteiger partial charge is 0.309 e. The van der Waals surface area contributed by atoms with Crippen molar-refractivity contribution >= 4 is 0 Å². The summed E-state index contributed by atoms with van der Waals surface area (Å²) < 4.78 is 51.0. The molecule has 0 bridgehead atoms. The molecule has 2 rings (SSSR count). The van der Waals surface area contributed by atoms with Crippen LogP contribution in [-0.2, 0) is 19.3 Å². The van der Waals surface area contributed by atoms with Gasteiger partial charge in [0, 0.05) is 13.1 Å². The molecular weight excluding hydrogens is 282 g/mol. The van der Waals surface area contributed by atoms with Gasteiger partial charge in [-0.25, -0.2) is 4.39 Å². The standard InChI is InChI=1S/C16H15F4N/c1-11-3-2-4-12(5-11)9-21-10-13-6-14(16(18,19)20)8-15(17)7-13/h2-8,21H,9-10H2,1H3. The van der Waals surface area contributed by atoms with Gasteiger partial charge in [0.15, 0.2) is 0 Å². The van der Waals surface area contributed by atoms with E-state index >= 15 is 0 Å². The lowest BCUT2D eigenvalue weighted by Crippen LogP contribution is -2.14. The summed E-state index contributed by atoms with van der Waals surface area (Å²) in [7, 11) is 0. The van der Waals surface area contributed by atoms with E-state index < -0.39 is 17.6 Å². The third kappa shape index (κ3) is 4.56. The van der Waals surface area contributed by atoms with E-state index in [2.05, 4.69) is 5.32 Å². The summed E-state index contributed by atoms with van der Waals surface area (Å²) in [5.74, 6) is -0.878. The average Bonchev–Trinajstić information content (AvgIpc) is 2.37. The summed E-state index contributed by atoms with van der Waals surface area (Å²) in [6.07, 6.45) is -4.53. The van der Waals surface area contributed by atoms with Crippen molar-refractivity contribution in [3.63, 3.8) is 0 Å². The molecule has 0 unspecified atom stereocenters. The van der Waals surface area contributed by atoms with Crippen LogP contribution in [0.5, 0.6) is 0 Å². The zero-order valence-corrected chi connectivity index (χ0v) is 11.5. The van der Waals surface area contributed by atoms with E-state index in [4.69, 9.17) is 0 Å². The van der Waals surface area contributed by atoms with Crippen LogP contribution in [0.15, 0.2) is 42.5 Å². The molecule has 0 radical (unpaired) electrons. The lowest BCUT2D eigenvalue weighted by Gasteiger charge is -2.10. The van der Waals surface area contributed by atoms with Gasteiger partial charge in [-0.15, -0.1) is 0 Å².